The van der Waals surface area contributed by atoms with Gasteiger partial charge in [0.05, 0.1) is 7.11 Å². The molecule has 72 valence electrons. The first-order valence-electron chi connectivity index (χ1n) is 5.28. The van der Waals surface area contributed by atoms with Gasteiger partial charge in [-0.1, -0.05) is 31.2 Å². The van der Waals surface area contributed by atoms with Crippen LogP contribution in [0.2, 0.25) is 0 Å². The third kappa shape index (κ3) is 1.58. The van der Waals surface area contributed by atoms with Crippen molar-refractivity contribution in [3.63, 3.8) is 0 Å². The van der Waals surface area contributed by atoms with Crippen LogP contribution < -0.4 is 4.74 Å². The SMILES string of the molecule is [2H]C(C)c1ccc2cc(OC)ccc2c1. The Morgan fingerprint density at radius 3 is 2.57 bits per heavy atom. The van der Waals surface area contributed by atoms with Crippen molar-refractivity contribution in [3.05, 3.63) is 42.0 Å². The van der Waals surface area contributed by atoms with Crippen molar-refractivity contribution < 1.29 is 6.11 Å². The Morgan fingerprint density at radius 1 is 1.14 bits per heavy atom. The molecule has 2 aromatic rings. The lowest BCUT2D eigenvalue weighted by atomic mass is 10.1. The van der Waals surface area contributed by atoms with Crippen LogP contribution in [-0.4, -0.2) is 7.11 Å². The fraction of sp³-hybridized carbons (Fsp3) is 0.231. The molecule has 2 aromatic carbocycles. The van der Waals surface area contributed by atoms with Crippen LogP contribution in [0, 0.1) is 0 Å². The van der Waals surface area contributed by atoms with E-state index in [0.717, 1.165) is 22.1 Å². The van der Waals surface area contributed by atoms with Gasteiger partial charge in [0.15, 0.2) is 0 Å². The highest BCUT2D eigenvalue weighted by Gasteiger charge is 1.97. The molecule has 0 aliphatic heterocycles. The molecule has 14 heavy (non-hydrogen) atoms. The lowest BCUT2D eigenvalue weighted by Crippen LogP contribution is -1.84. The first kappa shape index (κ1) is 7.86. The van der Waals surface area contributed by atoms with Gasteiger partial charge in [-0.2, -0.15) is 0 Å². The Kier molecular flexibility index (Phi) is 2.08. The van der Waals surface area contributed by atoms with Crippen molar-refractivity contribution in [1.82, 2.24) is 0 Å². The van der Waals surface area contributed by atoms with Crippen molar-refractivity contribution in [2.75, 3.05) is 7.11 Å². The highest BCUT2D eigenvalue weighted by atomic mass is 16.5. The van der Waals surface area contributed by atoms with E-state index in [4.69, 9.17) is 6.11 Å². The predicted octanol–water partition coefficient (Wildman–Crippen LogP) is 3.41. The van der Waals surface area contributed by atoms with Crippen LogP contribution >= 0.6 is 0 Å². The van der Waals surface area contributed by atoms with Crippen molar-refractivity contribution in [1.29, 1.82) is 0 Å². The van der Waals surface area contributed by atoms with E-state index in [0.29, 0.717) is 0 Å². The highest BCUT2D eigenvalue weighted by molar-refractivity contribution is 5.84. The average Bonchev–Trinajstić information content (AvgIpc) is 2.27. The van der Waals surface area contributed by atoms with Crippen LogP contribution in [-0.2, 0) is 6.40 Å². The molecule has 1 heteroatoms. The van der Waals surface area contributed by atoms with Crippen LogP contribution in [0.3, 0.4) is 0 Å². The van der Waals surface area contributed by atoms with Gasteiger partial charge in [0.25, 0.3) is 0 Å². The summed E-state index contributed by atoms with van der Waals surface area (Å²) in [7, 11) is 1.67. The number of aryl methyl sites for hydroxylation is 1. The van der Waals surface area contributed by atoms with E-state index in [1.807, 2.05) is 37.3 Å². The minimum absolute atomic E-state index is 0.170. The molecule has 0 saturated heterocycles. The zero-order valence-corrected chi connectivity index (χ0v) is 8.45. The Labute approximate surface area is 85.7 Å². The quantitative estimate of drug-likeness (QED) is 0.700. The molecule has 0 amide bonds. The standard InChI is InChI=1S/C13H14O/c1-3-10-4-5-12-9-13(14-2)7-6-11(12)8-10/h4-9H,3H2,1-2H3/i3D. The average molecular weight is 187 g/mol. The summed E-state index contributed by atoms with van der Waals surface area (Å²) in [4.78, 5) is 0. The van der Waals surface area contributed by atoms with Crippen LogP contribution in [0.5, 0.6) is 5.75 Å². The minimum atomic E-state index is -0.170. The number of hydrogen-bond donors (Lipinski definition) is 0. The number of fused-ring (bicyclic) bond motifs is 1. The van der Waals surface area contributed by atoms with Crippen LogP contribution in [0.4, 0.5) is 0 Å². The summed E-state index contributed by atoms with van der Waals surface area (Å²) in [5, 5.41) is 2.31. The first-order chi connectivity index (χ1) is 7.20. The summed E-state index contributed by atoms with van der Waals surface area (Å²) in [5.41, 5.74) is 1.05. The molecule has 1 nitrogen and oxygen atoms in total. The smallest absolute Gasteiger partial charge is 0.119 e. The monoisotopic (exact) mass is 187 g/mol. The number of rotatable bonds is 2. The van der Waals surface area contributed by atoms with E-state index in [-0.39, 0.29) is 6.40 Å². The van der Waals surface area contributed by atoms with E-state index >= 15 is 0 Å². The van der Waals surface area contributed by atoms with E-state index in [2.05, 4.69) is 6.07 Å². The summed E-state index contributed by atoms with van der Waals surface area (Å²) in [6.07, 6.45) is -0.170. The maximum absolute atomic E-state index is 7.65. The van der Waals surface area contributed by atoms with E-state index in [9.17, 15) is 0 Å². The van der Waals surface area contributed by atoms with Crippen LogP contribution in [0.25, 0.3) is 10.8 Å². The van der Waals surface area contributed by atoms with Gasteiger partial charge < -0.3 is 4.74 Å². The number of ether oxygens (including phenoxy) is 1. The molecule has 0 heterocycles. The molecule has 0 aromatic heterocycles. The van der Waals surface area contributed by atoms with Crippen molar-refractivity contribution >= 4 is 10.8 Å². The number of benzene rings is 2. The van der Waals surface area contributed by atoms with Crippen molar-refractivity contribution in [2.45, 2.75) is 13.3 Å². The van der Waals surface area contributed by atoms with E-state index in [1.165, 1.54) is 0 Å². The van der Waals surface area contributed by atoms with Gasteiger partial charge in [-0.25, -0.2) is 0 Å². The molecule has 0 bridgehead atoms. The minimum Gasteiger partial charge on any atom is -0.497 e. The molecule has 0 aliphatic carbocycles. The lowest BCUT2D eigenvalue weighted by Gasteiger charge is -2.03. The Hall–Kier alpha value is -1.50. The molecule has 0 saturated carbocycles. The summed E-state index contributed by atoms with van der Waals surface area (Å²) in [6.45, 7) is 1.88. The number of hydrogen-bond acceptors (Lipinski definition) is 1. The summed E-state index contributed by atoms with van der Waals surface area (Å²) in [5.74, 6) is 0.870. The first-order valence-corrected chi connectivity index (χ1v) is 4.70. The van der Waals surface area contributed by atoms with Gasteiger partial charge in [-0.15, -0.1) is 0 Å². The Morgan fingerprint density at radius 2 is 1.86 bits per heavy atom. The Balaban J connectivity index is 2.55. The molecular weight excluding hydrogens is 172 g/mol. The van der Waals surface area contributed by atoms with E-state index < -0.39 is 0 Å². The molecule has 1 unspecified atom stereocenters. The normalized spacial score (nSPS) is 13.7. The zero-order chi connectivity index (χ0) is 10.8. The molecule has 0 spiro atoms. The summed E-state index contributed by atoms with van der Waals surface area (Å²) < 4.78 is 12.8. The van der Waals surface area contributed by atoms with Crippen molar-refractivity contribution in [2.24, 2.45) is 0 Å². The number of methoxy groups -OCH3 is 1. The second-order valence-electron chi connectivity index (χ2n) is 3.26. The summed E-state index contributed by atoms with van der Waals surface area (Å²) >= 11 is 0. The Bertz CT molecular complexity index is 477. The molecule has 2 rings (SSSR count). The molecule has 0 aliphatic rings. The second kappa shape index (κ2) is 3.70. The largest absolute Gasteiger partial charge is 0.497 e. The topological polar surface area (TPSA) is 9.23 Å². The second-order valence-corrected chi connectivity index (χ2v) is 3.26. The molecule has 1 atom stereocenters. The van der Waals surface area contributed by atoms with Gasteiger partial charge in [0, 0.05) is 1.37 Å². The molecule has 0 N–H and O–H groups in total. The fourth-order valence-electron chi connectivity index (χ4n) is 1.55. The van der Waals surface area contributed by atoms with Crippen molar-refractivity contribution in [3.8, 4) is 5.75 Å². The molecular formula is C13H14O. The van der Waals surface area contributed by atoms with E-state index in [1.54, 1.807) is 7.11 Å². The lowest BCUT2D eigenvalue weighted by molar-refractivity contribution is 0.415. The maximum Gasteiger partial charge on any atom is 0.119 e. The van der Waals surface area contributed by atoms with Crippen LogP contribution in [0.1, 0.15) is 13.9 Å². The maximum atomic E-state index is 7.65. The third-order valence-electron chi connectivity index (χ3n) is 2.40. The van der Waals surface area contributed by atoms with Crippen LogP contribution in [0.15, 0.2) is 36.4 Å². The van der Waals surface area contributed by atoms with Gasteiger partial charge in [-0.3, -0.25) is 0 Å². The van der Waals surface area contributed by atoms with Gasteiger partial charge >= 0.3 is 0 Å². The fourth-order valence-corrected chi connectivity index (χ4v) is 1.55. The highest BCUT2D eigenvalue weighted by Crippen LogP contribution is 2.21. The molecule has 0 radical (unpaired) electrons. The van der Waals surface area contributed by atoms with Gasteiger partial charge in [0.1, 0.15) is 5.75 Å². The summed E-state index contributed by atoms with van der Waals surface area (Å²) in [6, 6.07) is 12.1. The molecule has 0 fully saturated rings. The van der Waals surface area contributed by atoms with Gasteiger partial charge in [0.2, 0.25) is 0 Å². The predicted molar refractivity (Wildman–Crippen MR) is 59.9 cm³/mol. The third-order valence-corrected chi connectivity index (χ3v) is 2.40. The zero-order valence-electron chi connectivity index (χ0n) is 9.45. The van der Waals surface area contributed by atoms with Gasteiger partial charge in [-0.05, 0) is 34.9 Å².